The van der Waals surface area contributed by atoms with Crippen LogP contribution in [0.3, 0.4) is 0 Å². The first-order chi connectivity index (χ1) is 11.2. The van der Waals surface area contributed by atoms with Crippen LogP contribution in [-0.4, -0.2) is 19.1 Å². The van der Waals surface area contributed by atoms with Crippen LogP contribution in [0.5, 0.6) is 5.75 Å². The minimum atomic E-state index is -0.0481. The fourth-order valence-electron chi connectivity index (χ4n) is 2.15. The number of hydrogen-bond donors (Lipinski definition) is 2. The fourth-order valence-corrected chi connectivity index (χ4v) is 2.15. The van der Waals surface area contributed by atoms with E-state index in [2.05, 4.69) is 12.2 Å². The maximum atomic E-state index is 12.0. The molecule has 2 aromatic carbocycles. The molecule has 3 N–H and O–H groups in total. The van der Waals surface area contributed by atoms with Crippen molar-refractivity contribution >= 4 is 5.91 Å². The summed E-state index contributed by atoms with van der Waals surface area (Å²) in [5, 5.41) is 2.92. The van der Waals surface area contributed by atoms with Gasteiger partial charge < -0.3 is 15.8 Å². The molecular formula is C19H24N2O2. The number of aryl methyl sites for hydroxylation is 1. The molecule has 2 aromatic rings. The molecule has 0 radical (unpaired) electrons. The molecule has 4 nitrogen and oxygen atoms in total. The van der Waals surface area contributed by atoms with E-state index >= 15 is 0 Å². The molecule has 0 atom stereocenters. The van der Waals surface area contributed by atoms with Gasteiger partial charge in [-0.05, 0) is 49.6 Å². The molecule has 0 unspecified atom stereocenters. The highest BCUT2D eigenvalue weighted by Crippen LogP contribution is 2.11. The first kappa shape index (κ1) is 17.0. The first-order valence-corrected chi connectivity index (χ1v) is 7.96. The van der Waals surface area contributed by atoms with E-state index in [1.54, 1.807) is 12.1 Å². The van der Waals surface area contributed by atoms with Gasteiger partial charge in [-0.1, -0.05) is 29.8 Å². The molecule has 0 saturated heterocycles. The predicted octanol–water partition coefficient (Wildman–Crippen LogP) is 3.04. The Morgan fingerprint density at radius 3 is 2.39 bits per heavy atom. The molecule has 0 heterocycles. The number of amides is 1. The number of nitrogens with two attached hydrogens (primary N) is 1. The summed E-state index contributed by atoms with van der Waals surface area (Å²) in [4.78, 5) is 12.0. The Balaban J connectivity index is 1.61. The van der Waals surface area contributed by atoms with E-state index in [-0.39, 0.29) is 5.91 Å². The van der Waals surface area contributed by atoms with Gasteiger partial charge in [-0.25, -0.2) is 0 Å². The Kier molecular flexibility index (Phi) is 6.63. The van der Waals surface area contributed by atoms with Crippen molar-refractivity contribution < 1.29 is 9.53 Å². The smallest absolute Gasteiger partial charge is 0.251 e. The second-order valence-corrected chi connectivity index (χ2v) is 5.53. The van der Waals surface area contributed by atoms with E-state index in [0.29, 0.717) is 25.3 Å². The largest absolute Gasteiger partial charge is 0.494 e. The molecule has 2 rings (SSSR count). The fraction of sp³-hybridized carbons (Fsp3) is 0.316. The number of benzene rings is 2. The first-order valence-electron chi connectivity index (χ1n) is 7.96. The number of nitrogens with one attached hydrogen (secondary N) is 1. The molecule has 0 saturated carbocycles. The molecule has 23 heavy (non-hydrogen) atoms. The van der Waals surface area contributed by atoms with Gasteiger partial charge in [0.1, 0.15) is 5.75 Å². The maximum absolute atomic E-state index is 12.0. The van der Waals surface area contributed by atoms with E-state index in [4.69, 9.17) is 10.5 Å². The van der Waals surface area contributed by atoms with Crippen molar-refractivity contribution in [1.29, 1.82) is 0 Å². The lowest BCUT2D eigenvalue weighted by Gasteiger charge is -2.08. The lowest BCUT2D eigenvalue weighted by Crippen LogP contribution is -2.24. The van der Waals surface area contributed by atoms with E-state index < -0.39 is 0 Å². The topological polar surface area (TPSA) is 64.3 Å². The average Bonchev–Trinajstić information content (AvgIpc) is 2.59. The second kappa shape index (κ2) is 8.96. The summed E-state index contributed by atoms with van der Waals surface area (Å²) < 4.78 is 5.65. The van der Waals surface area contributed by atoms with Crippen molar-refractivity contribution in [2.24, 2.45) is 5.73 Å². The Morgan fingerprint density at radius 2 is 1.74 bits per heavy atom. The maximum Gasteiger partial charge on any atom is 0.251 e. The molecule has 0 spiro atoms. The highest BCUT2D eigenvalue weighted by molar-refractivity contribution is 5.94. The van der Waals surface area contributed by atoms with Gasteiger partial charge in [0.2, 0.25) is 0 Å². The predicted molar refractivity (Wildman–Crippen MR) is 92.6 cm³/mol. The number of ether oxygens (including phenoxy) is 1. The standard InChI is InChI=1S/C19H24N2O2/c1-15-4-10-18(11-5-15)23-13-3-2-12-21-19(22)17-8-6-16(14-20)7-9-17/h4-11H,2-3,12-14,20H2,1H3,(H,21,22). The highest BCUT2D eigenvalue weighted by Gasteiger charge is 2.04. The zero-order chi connectivity index (χ0) is 16.5. The number of unbranched alkanes of at least 4 members (excludes halogenated alkanes) is 1. The van der Waals surface area contributed by atoms with Gasteiger partial charge >= 0.3 is 0 Å². The minimum absolute atomic E-state index is 0.0481. The zero-order valence-electron chi connectivity index (χ0n) is 13.5. The molecule has 0 aliphatic carbocycles. The number of rotatable bonds is 8. The Morgan fingerprint density at radius 1 is 1.04 bits per heavy atom. The SMILES string of the molecule is Cc1ccc(OCCCCNC(=O)c2ccc(CN)cc2)cc1. The molecule has 1 amide bonds. The van der Waals surface area contributed by atoms with Crippen molar-refractivity contribution in [2.75, 3.05) is 13.2 Å². The third-order valence-electron chi connectivity index (χ3n) is 3.60. The molecular weight excluding hydrogens is 288 g/mol. The van der Waals surface area contributed by atoms with Gasteiger partial charge in [0.05, 0.1) is 6.61 Å². The summed E-state index contributed by atoms with van der Waals surface area (Å²) in [6.07, 6.45) is 1.79. The van der Waals surface area contributed by atoms with Gasteiger partial charge in [-0.3, -0.25) is 4.79 Å². The molecule has 0 bridgehead atoms. The van der Waals surface area contributed by atoms with Crippen molar-refractivity contribution in [3.05, 3.63) is 65.2 Å². The zero-order valence-corrected chi connectivity index (χ0v) is 13.5. The summed E-state index contributed by atoms with van der Waals surface area (Å²) >= 11 is 0. The Hall–Kier alpha value is -2.33. The minimum Gasteiger partial charge on any atom is -0.494 e. The second-order valence-electron chi connectivity index (χ2n) is 5.53. The summed E-state index contributed by atoms with van der Waals surface area (Å²) in [6, 6.07) is 15.4. The lowest BCUT2D eigenvalue weighted by molar-refractivity contribution is 0.0952. The van der Waals surface area contributed by atoms with Crippen molar-refractivity contribution in [2.45, 2.75) is 26.3 Å². The van der Waals surface area contributed by atoms with Crippen LogP contribution in [0, 0.1) is 6.92 Å². The lowest BCUT2D eigenvalue weighted by atomic mass is 10.1. The van der Waals surface area contributed by atoms with Gasteiger partial charge in [0, 0.05) is 18.7 Å². The van der Waals surface area contributed by atoms with Crippen molar-refractivity contribution in [1.82, 2.24) is 5.32 Å². The van der Waals surface area contributed by atoms with E-state index in [1.807, 2.05) is 36.4 Å². The van der Waals surface area contributed by atoms with E-state index in [9.17, 15) is 4.79 Å². The molecule has 4 heteroatoms. The van der Waals surface area contributed by atoms with Crippen LogP contribution in [0.2, 0.25) is 0 Å². The molecule has 122 valence electrons. The monoisotopic (exact) mass is 312 g/mol. The number of hydrogen-bond acceptors (Lipinski definition) is 3. The third kappa shape index (κ3) is 5.75. The van der Waals surface area contributed by atoms with Crippen LogP contribution in [0.4, 0.5) is 0 Å². The van der Waals surface area contributed by atoms with Crippen LogP contribution in [0.1, 0.15) is 34.3 Å². The quantitative estimate of drug-likeness (QED) is 0.736. The third-order valence-corrected chi connectivity index (χ3v) is 3.60. The van der Waals surface area contributed by atoms with Crippen LogP contribution < -0.4 is 15.8 Å². The van der Waals surface area contributed by atoms with Crippen LogP contribution in [-0.2, 0) is 6.54 Å². The average molecular weight is 312 g/mol. The van der Waals surface area contributed by atoms with E-state index in [0.717, 1.165) is 24.2 Å². The Bertz CT molecular complexity index is 606. The summed E-state index contributed by atoms with van der Waals surface area (Å²) in [5.41, 5.74) is 8.45. The van der Waals surface area contributed by atoms with Gasteiger partial charge in [0.15, 0.2) is 0 Å². The van der Waals surface area contributed by atoms with Crippen LogP contribution >= 0.6 is 0 Å². The molecule has 0 aromatic heterocycles. The number of carbonyl (C=O) groups excluding carboxylic acids is 1. The Labute approximate surface area is 137 Å². The van der Waals surface area contributed by atoms with Crippen molar-refractivity contribution in [3.63, 3.8) is 0 Å². The summed E-state index contributed by atoms with van der Waals surface area (Å²) in [5.74, 6) is 0.840. The van der Waals surface area contributed by atoms with Crippen LogP contribution in [0.25, 0.3) is 0 Å². The van der Waals surface area contributed by atoms with Crippen LogP contribution in [0.15, 0.2) is 48.5 Å². The van der Waals surface area contributed by atoms with Crippen molar-refractivity contribution in [3.8, 4) is 5.75 Å². The highest BCUT2D eigenvalue weighted by atomic mass is 16.5. The summed E-state index contributed by atoms with van der Waals surface area (Å²) in [7, 11) is 0. The summed E-state index contributed by atoms with van der Waals surface area (Å²) in [6.45, 7) is 3.85. The molecule has 0 aliphatic rings. The number of carbonyl (C=O) groups is 1. The normalized spacial score (nSPS) is 10.3. The molecule has 0 aliphatic heterocycles. The van der Waals surface area contributed by atoms with Gasteiger partial charge in [-0.15, -0.1) is 0 Å². The van der Waals surface area contributed by atoms with E-state index in [1.165, 1.54) is 5.56 Å². The van der Waals surface area contributed by atoms with Gasteiger partial charge in [0.25, 0.3) is 5.91 Å². The molecule has 0 fully saturated rings. The van der Waals surface area contributed by atoms with Gasteiger partial charge in [-0.2, -0.15) is 0 Å².